The van der Waals surface area contributed by atoms with Gasteiger partial charge in [0.15, 0.2) is 0 Å². The fourth-order valence-corrected chi connectivity index (χ4v) is 1.37. The van der Waals surface area contributed by atoms with Crippen LogP contribution in [-0.2, 0) is 6.42 Å². The molecule has 1 aromatic carbocycles. The van der Waals surface area contributed by atoms with Crippen molar-refractivity contribution in [3.05, 3.63) is 29.8 Å². The van der Waals surface area contributed by atoms with E-state index in [0.717, 1.165) is 12.1 Å². The van der Waals surface area contributed by atoms with Gasteiger partial charge in [0.2, 0.25) is 0 Å². The third-order valence-electron chi connectivity index (χ3n) is 2.23. The molecule has 0 aliphatic heterocycles. The Balaban J connectivity index is 2.41. The average Bonchev–Trinajstić information content (AvgIpc) is 2.25. The van der Waals surface area contributed by atoms with E-state index in [2.05, 4.69) is 12.2 Å². The first kappa shape index (κ1) is 12.0. The third kappa shape index (κ3) is 4.77. The number of halogens is 2. The Hall–Kier alpha value is -1.12. The van der Waals surface area contributed by atoms with Crippen molar-refractivity contribution in [2.45, 2.75) is 32.6 Å². The standard InChI is InChI=1S/C12H17F2N/c1-2-3-4-10-5-7-11(8-6-10)15-9-12(13)14/h5-8,12,15H,2-4,9H2,1H3. The Kier molecular flexibility index (Phi) is 5.08. The average molecular weight is 213 g/mol. The van der Waals surface area contributed by atoms with Crippen LogP contribution in [0, 0.1) is 0 Å². The summed E-state index contributed by atoms with van der Waals surface area (Å²) >= 11 is 0. The number of anilines is 1. The van der Waals surface area contributed by atoms with Gasteiger partial charge in [0.05, 0.1) is 6.54 Å². The summed E-state index contributed by atoms with van der Waals surface area (Å²) in [7, 11) is 0. The molecule has 0 amide bonds. The molecule has 1 N–H and O–H groups in total. The van der Waals surface area contributed by atoms with E-state index >= 15 is 0 Å². The highest BCUT2D eigenvalue weighted by Crippen LogP contribution is 2.12. The largest absolute Gasteiger partial charge is 0.379 e. The van der Waals surface area contributed by atoms with Crippen LogP contribution in [0.5, 0.6) is 0 Å². The van der Waals surface area contributed by atoms with Crippen LogP contribution >= 0.6 is 0 Å². The highest BCUT2D eigenvalue weighted by molar-refractivity contribution is 5.44. The molecular weight excluding hydrogens is 196 g/mol. The molecule has 1 rings (SSSR count). The van der Waals surface area contributed by atoms with E-state index in [1.54, 1.807) is 0 Å². The van der Waals surface area contributed by atoms with Gasteiger partial charge in [-0.25, -0.2) is 8.78 Å². The van der Waals surface area contributed by atoms with Crippen molar-refractivity contribution in [3.63, 3.8) is 0 Å². The lowest BCUT2D eigenvalue weighted by Crippen LogP contribution is -2.09. The molecule has 0 atom stereocenters. The quantitative estimate of drug-likeness (QED) is 0.759. The molecule has 0 aromatic heterocycles. The van der Waals surface area contributed by atoms with Gasteiger partial charge in [-0.15, -0.1) is 0 Å². The third-order valence-corrected chi connectivity index (χ3v) is 2.23. The molecule has 0 aliphatic rings. The maximum Gasteiger partial charge on any atom is 0.255 e. The molecule has 0 unspecified atom stereocenters. The van der Waals surface area contributed by atoms with Crippen LogP contribution in [0.1, 0.15) is 25.3 Å². The predicted molar refractivity (Wildman–Crippen MR) is 59.5 cm³/mol. The Labute approximate surface area is 89.5 Å². The molecule has 0 aliphatic carbocycles. The van der Waals surface area contributed by atoms with Gasteiger partial charge in [0.25, 0.3) is 6.43 Å². The van der Waals surface area contributed by atoms with Gasteiger partial charge < -0.3 is 5.32 Å². The summed E-state index contributed by atoms with van der Waals surface area (Å²) in [5.74, 6) is 0. The fourth-order valence-electron chi connectivity index (χ4n) is 1.37. The second kappa shape index (κ2) is 6.38. The number of rotatable bonds is 6. The molecule has 0 fully saturated rings. The minimum Gasteiger partial charge on any atom is -0.379 e. The molecule has 1 nitrogen and oxygen atoms in total. The highest BCUT2D eigenvalue weighted by atomic mass is 19.3. The number of benzene rings is 1. The summed E-state index contributed by atoms with van der Waals surface area (Å²) in [4.78, 5) is 0. The van der Waals surface area contributed by atoms with E-state index in [9.17, 15) is 8.78 Å². The summed E-state index contributed by atoms with van der Waals surface area (Å²) in [5, 5.41) is 2.68. The Morgan fingerprint density at radius 1 is 1.20 bits per heavy atom. The molecule has 0 saturated carbocycles. The Morgan fingerprint density at radius 2 is 1.87 bits per heavy atom. The topological polar surface area (TPSA) is 12.0 Å². The number of unbranched alkanes of at least 4 members (excludes halogenated alkanes) is 1. The van der Waals surface area contributed by atoms with Crippen molar-refractivity contribution in [2.75, 3.05) is 11.9 Å². The van der Waals surface area contributed by atoms with Crippen molar-refractivity contribution in [3.8, 4) is 0 Å². The van der Waals surface area contributed by atoms with Crippen LogP contribution in [0.2, 0.25) is 0 Å². The van der Waals surface area contributed by atoms with Gasteiger partial charge in [-0.05, 0) is 30.5 Å². The molecule has 3 heteroatoms. The first-order valence-electron chi connectivity index (χ1n) is 5.33. The summed E-state index contributed by atoms with van der Waals surface area (Å²) < 4.78 is 23.8. The molecule has 0 heterocycles. The van der Waals surface area contributed by atoms with E-state index in [0.29, 0.717) is 0 Å². The zero-order chi connectivity index (χ0) is 11.1. The van der Waals surface area contributed by atoms with Gasteiger partial charge in [0, 0.05) is 5.69 Å². The van der Waals surface area contributed by atoms with Crippen molar-refractivity contribution in [1.82, 2.24) is 0 Å². The molecule has 15 heavy (non-hydrogen) atoms. The van der Waals surface area contributed by atoms with E-state index in [-0.39, 0.29) is 6.54 Å². The second-order valence-corrected chi connectivity index (χ2v) is 3.57. The highest BCUT2D eigenvalue weighted by Gasteiger charge is 2.01. The summed E-state index contributed by atoms with van der Waals surface area (Å²) in [5.41, 5.74) is 2.02. The van der Waals surface area contributed by atoms with Crippen LogP contribution in [0.25, 0.3) is 0 Å². The van der Waals surface area contributed by atoms with Crippen LogP contribution in [0.15, 0.2) is 24.3 Å². The molecule has 0 saturated heterocycles. The zero-order valence-electron chi connectivity index (χ0n) is 8.97. The Morgan fingerprint density at radius 3 is 2.40 bits per heavy atom. The van der Waals surface area contributed by atoms with E-state index in [1.165, 1.54) is 18.4 Å². The van der Waals surface area contributed by atoms with E-state index in [4.69, 9.17) is 0 Å². The molecule has 84 valence electrons. The zero-order valence-corrected chi connectivity index (χ0v) is 8.97. The minimum atomic E-state index is -2.30. The minimum absolute atomic E-state index is 0.283. The van der Waals surface area contributed by atoms with Crippen LogP contribution < -0.4 is 5.32 Å². The maximum absolute atomic E-state index is 11.9. The number of hydrogen-bond donors (Lipinski definition) is 1. The molecule has 0 bridgehead atoms. The smallest absolute Gasteiger partial charge is 0.255 e. The Bertz CT molecular complexity index is 269. The van der Waals surface area contributed by atoms with Crippen molar-refractivity contribution < 1.29 is 8.78 Å². The number of nitrogens with one attached hydrogen (secondary N) is 1. The van der Waals surface area contributed by atoms with Crippen LogP contribution in [0.4, 0.5) is 14.5 Å². The van der Waals surface area contributed by atoms with Gasteiger partial charge in [-0.1, -0.05) is 25.5 Å². The molecule has 0 radical (unpaired) electrons. The SMILES string of the molecule is CCCCc1ccc(NCC(F)F)cc1. The lowest BCUT2D eigenvalue weighted by molar-refractivity contribution is 0.163. The maximum atomic E-state index is 11.9. The summed E-state index contributed by atoms with van der Waals surface area (Å²) in [6, 6.07) is 7.69. The van der Waals surface area contributed by atoms with Crippen molar-refractivity contribution >= 4 is 5.69 Å². The van der Waals surface area contributed by atoms with Gasteiger partial charge in [-0.2, -0.15) is 0 Å². The van der Waals surface area contributed by atoms with Crippen LogP contribution in [0.3, 0.4) is 0 Å². The molecule has 1 aromatic rings. The summed E-state index contributed by atoms with van der Waals surface area (Å²) in [6.07, 6.45) is 1.10. The lowest BCUT2D eigenvalue weighted by Gasteiger charge is -2.06. The van der Waals surface area contributed by atoms with Gasteiger partial charge in [-0.3, -0.25) is 0 Å². The van der Waals surface area contributed by atoms with Crippen LogP contribution in [-0.4, -0.2) is 13.0 Å². The lowest BCUT2D eigenvalue weighted by atomic mass is 10.1. The molecular formula is C12H17F2N. The van der Waals surface area contributed by atoms with Crippen molar-refractivity contribution in [1.29, 1.82) is 0 Å². The fraction of sp³-hybridized carbons (Fsp3) is 0.500. The monoisotopic (exact) mass is 213 g/mol. The first-order valence-corrected chi connectivity index (χ1v) is 5.33. The van der Waals surface area contributed by atoms with E-state index in [1.807, 2.05) is 24.3 Å². The normalized spacial score (nSPS) is 10.7. The van der Waals surface area contributed by atoms with Gasteiger partial charge in [0.1, 0.15) is 0 Å². The first-order chi connectivity index (χ1) is 7.22. The number of aryl methyl sites for hydroxylation is 1. The van der Waals surface area contributed by atoms with E-state index < -0.39 is 6.43 Å². The summed E-state index contributed by atoms with van der Waals surface area (Å²) in [6.45, 7) is 1.87. The molecule has 0 spiro atoms. The van der Waals surface area contributed by atoms with Crippen molar-refractivity contribution in [2.24, 2.45) is 0 Å². The predicted octanol–water partition coefficient (Wildman–Crippen LogP) is 3.71. The second-order valence-electron chi connectivity index (χ2n) is 3.57. The number of alkyl halides is 2. The number of hydrogen-bond acceptors (Lipinski definition) is 1. The van der Waals surface area contributed by atoms with Gasteiger partial charge >= 0.3 is 0 Å².